The van der Waals surface area contributed by atoms with Gasteiger partial charge in [-0.25, -0.2) is 9.59 Å². The molecule has 3 N–H and O–H groups in total. The van der Waals surface area contributed by atoms with E-state index in [1.807, 2.05) is 0 Å². The average molecular weight is 376 g/mol. The van der Waals surface area contributed by atoms with E-state index in [-0.39, 0.29) is 0 Å². The van der Waals surface area contributed by atoms with E-state index >= 15 is 0 Å². The molecule has 0 spiro atoms. The van der Waals surface area contributed by atoms with Gasteiger partial charge >= 0.3 is 11.9 Å². The van der Waals surface area contributed by atoms with Gasteiger partial charge in [0.05, 0.1) is 6.61 Å². The molecule has 1 aromatic carbocycles. The number of carbonyl (C=O) groups is 2. The number of hydrogen-bond donors (Lipinski definition) is 3. The zero-order chi connectivity index (χ0) is 19.5. The Bertz CT molecular complexity index is 602. The lowest BCUT2D eigenvalue weighted by Gasteiger charge is -2.23. The first-order valence-corrected chi connectivity index (χ1v) is 9.37. The standard InChI is InChI=1S/C16H24N2O.C4H4O4/c1-2-12-18(11-1)15-3-5-16(6-4-15)19-13-14-7-9-17-10-8-14;5-3(6)1-2-4(7)8/h3-6,14,17H,1-2,7-13H2;1-2H,(H,5,6)(H,7,8)/b;2-1+. The fraction of sp³-hybridized carbons (Fsp3) is 0.500. The van der Waals surface area contributed by atoms with Crippen molar-refractivity contribution in [3.05, 3.63) is 36.4 Å². The lowest BCUT2D eigenvalue weighted by atomic mass is 9.99. The third kappa shape index (κ3) is 8.13. The summed E-state index contributed by atoms with van der Waals surface area (Å²) in [5.41, 5.74) is 1.34. The molecule has 0 bridgehead atoms. The van der Waals surface area contributed by atoms with E-state index in [0.29, 0.717) is 12.2 Å². The van der Waals surface area contributed by atoms with Gasteiger partial charge in [-0.2, -0.15) is 0 Å². The Morgan fingerprint density at radius 2 is 1.59 bits per heavy atom. The molecular weight excluding hydrogens is 348 g/mol. The number of anilines is 1. The van der Waals surface area contributed by atoms with Crippen molar-refractivity contribution in [3.63, 3.8) is 0 Å². The van der Waals surface area contributed by atoms with Crippen molar-refractivity contribution in [2.75, 3.05) is 37.7 Å². The molecule has 3 rings (SSSR count). The van der Waals surface area contributed by atoms with Crippen LogP contribution >= 0.6 is 0 Å². The van der Waals surface area contributed by atoms with Gasteiger partial charge in [-0.05, 0) is 69.0 Å². The lowest BCUT2D eigenvalue weighted by molar-refractivity contribution is -0.134. The molecule has 27 heavy (non-hydrogen) atoms. The summed E-state index contributed by atoms with van der Waals surface area (Å²) in [5, 5.41) is 19.0. The molecule has 2 aliphatic rings. The number of piperidine rings is 1. The first-order chi connectivity index (χ1) is 13.0. The summed E-state index contributed by atoms with van der Waals surface area (Å²) in [5.74, 6) is -0.777. The molecule has 148 valence electrons. The van der Waals surface area contributed by atoms with Crippen LogP contribution in [0.4, 0.5) is 5.69 Å². The van der Waals surface area contributed by atoms with Crippen LogP contribution in [0.5, 0.6) is 5.75 Å². The Hall–Kier alpha value is -2.54. The average Bonchev–Trinajstić information content (AvgIpc) is 3.21. The highest BCUT2D eigenvalue weighted by atomic mass is 16.5. The second-order valence-corrected chi connectivity index (χ2v) is 6.70. The Kier molecular flexibility index (Phi) is 8.64. The quantitative estimate of drug-likeness (QED) is 0.656. The minimum absolute atomic E-state index is 0.558. The smallest absolute Gasteiger partial charge is 0.328 e. The van der Waals surface area contributed by atoms with Crippen LogP contribution in [0.15, 0.2) is 36.4 Å². The van der Waals surface area contributed by atoms with Gasteiger partial charge in [-0.15, -0.1) is 0 Å². The Balaban J connectivity index is 0.000000279. The van der Waals surface area contributed by atoms with Gasteiger partial charge in [-0.1, -0.05) is 0 Å². The summed E-state index contributed by atoms with van der Waals surface area (Å²) in [4.78, 5) is 21.6. The van der Waals surface area contributed by atoms with Gasteiger partial charge < -0.3 is 25.2 Å². The van der Waals surface area contributed by atoms with Crippen LogP contribution in [0.25, 0.3) is 0 Å². The number of nitrogens with zero attached hydrogens (tertiary/aromatic N) is 1. The van der Waals surface area contributed by atoms with Crippen molar-refractivity contribution in [2.24, 2.45) is 5.92 Å². The molecule has 2 saturated heterocycles. The highest BCUT2D eigenvalue weighted by Gasteiger charge is 2.14. The van der Waals surface area contributed by atoms with Crippen molar-refractivity contribution in [1.29, 1.82) is 0 Å². The van der Waals surface area contributed by atoms with Crippen LogP contribution in [-0.2, 0) is 9.59 Å². The largest absolute Gasteiger partial charge is 0.493 e. The Morgan fingerprint density at radius 3 is 2.11 bits per heavy atom. The molecule has 2 heterocycles. The van der Waals surface area contributed by atoms with Crippen LogP contribution in [0.1, 0.15) is 25.7 Å². The number of carboxylic acids is 2. The van der Waals surface area contributed by atoms with E-state index in [4.69, 9.17) is 14.9 Å². The van der Waals surface area contributed by atoms with Crippen LogP contribution in [0, 0.1) is 5.92 Å². The number of aliphatic carboxylic acids is 2. The van der Waals surface area contributed by atoms with Gasteiger partial charge in [0, 0.05) is 30.9 Å². The highest BCUT2D eigenvalue weighted by Crippen LogP contribution is 2.23. The Morgan fingerprint density at radius 1 is 1.04 bits per heavy atom. The highest BCUT2D eigenvalue weighted by molar-refractivity contribution is 5.89. The molecule has 2 fully saturated rings. The van der Waals surface area contributed by atoms with Gasteiger partial charge in [0.15, 0.2) is 0 Å². The fourth-order valence-corrected chi connectivity index (χ4v) is 3.13. The molecule has 7 nitrogen and oxygen atoms in total. The van der Waals surface area contributed by atoms with Crippen molar-refractivity contribution < 1.29 is 24.5 Å². The van der Waals surface area contributed by atoms with E-state index in [9.17, 15) is 9.59 Å². The predicted molar refractivity (Wildman–Crippen MR) is 103 cm³/mol. The molecule has 7 heteroatoms. The van der Waals surface area contributed by atoms with Gasteiger partial charge in [0.2, 0.25) is 0 Å². The SMILES string of the molecule is O=C(O)/C=C/C(=O)O.c1cc(N2CCCC2)ccc1OCC1CCNCC1. The van der Waals surface area contributed by atoms with E-state index in [2.05, 4.69) is 34.5 Å². The monoisotopic (exact) mass is 376 g/mol. The number of rotatable bonds is 6. The van der Waals surface area contributed by atoms with Crippen molar-refractivity contribution in [2.45, 2.75) is 25.7 Å². The topological polar surface area (TPSA) is 99.1 Å². The number of ether oxygens (including phenoxy) is 1. The zero-order valence-corrected chi connectivity index (χ0v) is 15.5. The molecular formula is C20H28N2O5. The lowest BCUT2D eigenvalue weighted by Crippen LogP contribution is -2.30. The molecule has 0 radical (unpaired) electrons. The molecule has 0 saturated carbocycles. The molecule has 0 unspecified atom stereocenters. The van der Waals surface area contributed by atoms with Crippen molar-refractivity contribution in [3.8, 4) is 5.75 Å². The maximum absolute atomic E-state index is 9.55. The summed E-state index contributed by atoms with van der Waals surface area (Å²) >= 11 is 0. The van der Waals surface area contributed by atoms with Crippen molar-refractivity contribution >= 4 is 17.6 Å². The predicted octanol–water partition coefficient (Wildman–Crippen LogP) is 2.38. The Labute approximate surface area is 159 Å². The van der Waals surface area contributed by atoms with Crippen molar-refractivity contribution in [1.82, 2.24) is 5.32 Å². The first-order valence-electron chi connectivity index (χ1n) is 9.37. The van der Waals surface area contributed by atoms with Crippen LogP contribution in [0.2, 0.25) is 0 Å². The van der Waals surface area contributed by atoms with Gasteiger partial charge in [0.1, 0.15) is 5.75 Å². The second-order valence-electron chi connectivity index (χ2n) is 6.70. The summed E-state index contributed by atoms with van der Waals surface area (Å²) in [6, 6.07) is 8.63. The third-order valence-electron chi connectivity index (χ3n) is 4.62. The van der Waals surface area contributed by atoms with Crippen LogP contribution < -0.4 is 15.0 Å². The zero-order valence-electron chi connectivity index (χ0n) is 15.5. The number of carboxylic acid groups (broad SMARTS) is 2. The normalized spacial score (nSPS) is 17.4. The number of hydrogen-bond acceptors (Lipinski definition) is 5. The number of benzene rings is 1. The summed E-state index contributed by atoms with van der Waals surface area (Å²) in [6.07, 6.45) is 6.25. The van der Waals surface area contributed by atoms with E-state index in [1.54, 1.807) is 0 Å². The first kappa shape index (κ1) is 20.8. The minimum atomic E-state index is -1.26. The molecule has 2 aliphatic heterocycles. The van der Waals surface area contributed by atoms with Gasteiger partial charge in [-0.3, -0.25) is 0 Å². The minimum Gasteiger partial charge on any atom is -0.493 e. The molecule has 0 aliphatic carbocycles. The van der Waals surface area contributed by atoms with Gasteiger partial charge in [0.25, 0.3) is 0 Å². The summed E-state index contributed by atoms with van der Waals surface area (Å²) < 4.78 is 5.92. The maximum atomic E-state index is 9.55. The van der Waals surface area contributed by atoms with E-state index in [0.717, 1.165) is 31.4 Å². The molecule has 1 aromatic rings. The molecule has 0 amide bonds. The fourth-order valence-electron chi connectivity index (χ4n) is 3.13. The summed E-state index contributed by atoms with van der Waals surface area (Å²) in [7, 11) is 0. The molecule has 0 aromatic heterocycles. The molecule has 0 atom stereocenters. The number of nitrogens with one attached hydrogen (secondary N) is 1. The summed E-state index contributed by atoms with van der Waals surface area (Å²) in [6.45, 7) is 5.55. The second kappa shape index (κ2) is 11.2. The van der Waals surface area contributed by atoms with Crippen LogP contribution in [-0.4, -0.2) is 54.9 Å². The van der Waals surface area contributed by atoms with E-state index in [1.165, 1.54) is 44.5 Å². The van der Waals surface area contributed by atoms with E-state index < -0.39 is 11.9 Å². The third-order valence-corrected chi connectivity index (χ3v) is 4.62. The van der Waals surface area contributed by atoms with Crippen LogP contribution in [0.3, 0.4) is 0 Å². The maximum Gasteiger partial charge on any atom is 0.328 e.